The van der Waals surface area contributed by atoms with Crippen LogP contribution in [0.3, 0.4) is 0 Å². The molecular weight excluding hydrogens is 250 g/mol. The van der Waals surface area contributed by atoms with Crippen LogP contribution in [0.2, 0.25) is 0 Å². The van der Waals surface area contributed by atoms with Crippen LogP contribution < -0.4 is 11.1 Å². The zero-order valence-corrected chi connectivity index (χ0v) is 12.7. The smallest absolute Gasteiger partial charge is 0.255 e. The first-order valence-electron chi connectivity index (χ1n) is 7.32. The van der Waals surface area contributed by atoms with Crippen molar-refractivity contribution in [1.82, 2.24) is 4.90 Å². The summed E-state index contributed by atoms with van der Waals surface area (Å²) in [5, 5.41) is 3.45. The van der Waals surface area contributed by atoms with Gasteiger partial charge < -0.3 is 16.0 Å². The molecule has 1 fully saturated rings. The summed E-state index contributed by atoms with van der Waals surface area (Å²) in [5.41, 5.74) is 8.52. The minimum atomic E-state index is 0.00726. The third-order valence-electron chi connectivity index (χ3n) is 4.07. The zero-order valence-electron chi connectivity index (χ0n) is 12.7. The number of rotatable bonds is 6. The van der Waals surface area contributed by atoms with Crippen LogP contribution >= 0.6 is 0 Å². The van der Waals surface area contributed by atoms with Gasteiger partial charge in [-0.05, 0) is 42.9 Å². The fraction of sp³-hybridized carbons (Fsp3) is 0.562. The highest BCUT2D eigenvalue weighted by Gasteiger charge is 2.41. The van der Waals surface area contributed by atoms with Crippen molar-refractivity contribution in [3.05, 3.63) is 23.8 Å². The predicted molar refractivity (Wildman–Crippen MR) is 83.9 cm³/mol. The molecule has 0 heterocycles. The van der Waals surface area contributed by atoms with Crippen molar-refractivity contribution in [3.63, 3.8) is 0 Å². The summed E-state index contributed by atoms with van der Waals surface area (Å²) in [6.45, 7) is 3.15. The fourth-order valence-corrected chi connectivity index (χ4v) is 2.64. The number of nitrogens with two attached hydrogens (primary N) is 1. The number of hydrogen-bond acceptors (Lipinski definition) is 3. The topological polar surface area (TPSA) is 58.4 Å². The van der Waals surface area contributed by atoms with Gasteiger partial charge in [-0.1, -0.05) is 13.3 Å². The highest BCUT2D eigenvalue weighted by atomic mass is 16.2. The lowest BCUT2D eigenvalue weighted by Gasteiger charge is -2.19. The number of nitrogen functional groups attached to an aromatic ring is 1. The van der Waals surface area contributed by atoms with Crippen molar-refractivity contribution in [1.29, 1.82) is 0 Å². The first-order valence-corrected chi connectivity index (χ1v) is 7.32. The standard InChI is InChI=1S/C16H25N3O/c1-4-7-16(8-9-16)11-18-14-10-12(17)5-6-13(14)15(20)19(2)3/h5-6,10,18H,4,7-9,11,17H2,1-3H3. The van der Waals surface area contributed by atoms with E-state index in [9.17, 15) is 4.79 Å². The first-order chi connectivity index (χ1) is 9.47. The third kappa shape index (κ3) is 3.24. The van der Waals surface area contributed by atoms with E-state index in [1.807, 2.05) is 6.07 Å². The molecule has 0 spiro atoms. The molecule has 0 unspecified atom stereocenters. The number of amides is 1. The number of anilines is 2. The Balaban J connectivity index is 2.13. The Hall–Kier alpha value is -1.71. The second kappa shape index (κ2) is 5.73. The van der Waals surface area contributed by atoms with E-state index >= 15 is 0 Å². The number of carbonyl (C=O) groups excluding carboxylic acids is 1. The molecule has 1 saturated carbocycles. The van der Waals surface area contributed by atoms with Crippen LogP contribution in [0.4, 0.5) is 11.4 Å². The van der Waals surface area contributed by atoms with Crippen LogP contribution in [0.5, 0.6) is 0 Å². The maximum Gasteiger partial charge on any atom is 0.255 e. The summed E-state index contributed by atoms with van der Waals surface area (Å²) < 4.78 is 0. The van der Waals surface area contributed by atoms with E-state index in [1.54, 1.807) is 31.1 Å². The van der Waals surface area contributed by atoms with Gasteiger partial charge in [-0.3, -0.25) is 4.79 Å². The molecular formula is C16H25N3O. The summed E-state index contributed by atoms with van der Waals surface area (Å²) >= 11 is 0. The van der Waals surface area contributed by atoms with Gasteiger partial charge in [0.25, 0.3) is 5.91 Å². The lowest BCUT2D eigenvalue weighted by atomic mass is 10.0. The minimum Gasteiger partial charge on any atom is -0.399 e. The highest BCUT2D eigenvalue weighted by molar-refractivity contribution is 6.00. The van der Waals surface area contributed by atoms with Gasteiger partial charge >= 0.3 is 0 Å². The Morgan fingerprint density at radius 1 is 1.40 bits per heavy atom. The van der Waals surface area contributed by atoms with Crippen molar-refractivity contribution in [2.75, 3.05) is 31.7 Å². The van der Waals surface area contributed by atoms with Crippen molar-refractivity contribution in [3.8, 4) is 0 Å². The molecule has 3 N–H and O–H groups in total. The van der Waals surface area contributed by atoms with Crippen molar-refractivity contribution in [2.24, 2.45) is 5.41 Å². The average molecular weight is 275 g/mol. The molecule has 110 valence electrons. The second-order valence-corrected chi connectivity index (χ2v) is 6.11. The molecule has 0 bridgehead atoms. The second-order valence-electron chi connectivity index (χ2n) is 6.11. The maximum atomic E-state index is 12.2. The summed E-state index contributed by atoms with van der Waals surface area (Å²) in [5.74, 6) is 0.00726. The average Bonchev–Trinajstić information content (AvgIpc) is 3.16. The summed E-state index contributed by atoms with van der Waals surface area (Å²) in [6, 6.07) is 5.44. The van der Waals surface area contributed by atoms with E-state index in [-0.39, 0.29) is 5.91 Å². The van der Waals surface area contributed by atoms with Gasteiger partial charge in [-0.25, -0.2) is 0 Å². The van der Waals surface area contributed by atoms with Crippen LogP contribution in [0, 0.1) is 5.41 Å². The largest absolute Gasteiger partial charge is 0.399 e. The Morgan fingerprint density at radius 3 is 2.65 bits per heavy atom. The maximum absolute atomic E-state index is 12.2. The first kappa shape index (κ1) is 14.7. The molecule has 0 atom stereocenters. The van der Waals surface area contributed by atoms with Gasteiger partial charge in [0.15, 0.2) is 0 Å². The molecule has 0 aromatic heterocycles. The van der Waals surface area contributed by atoms with Gasteiger partial charge in [0.2, 0.25) is 0 Å². The monoisotopic (exact) mass is 275 g/mol. The predicted octanol–water partition coefficient (Wildman–Crippen LogP) is 2.96. The van der Waals surface area contributed by atoms with Gasteiger partial charge in [-0.15, -0.1) is 0 Å². The molecule has 20 heavy (non-hydrogen) atoms. The van der Waals surface area contributed by atoms with Gasteiger partial charge in [0.1, 0.15) is 0 Å². The van der Waals surface area contributed by atoms with Crippen molar-refractivity contribution >= 4 is 17.3 Å². The zero-order chi connectivity index (χ0) is 14.8. The molecule has 0 radical (unpaired) electrons. The molecule has 1 aromatic carbocycles. The minimum absolute atomic E-state index is 0.00726. The number of nitrogens with one attached hydrogen (secondary N) is 1. The number of benzene rings is 1. The molecule has 4 heteroatoms. The van der Waals surface area contributed by atoms with Crippen LogP contribution in [0.1, 0.15) is 43.0 Å². The van der Waals surface area contributed by atoms with E-state index < -0.39 is 0 Å². The lowest BCUT2D eigenvalue weighted by molar-refractivity contribution is 0.0828. The van der Waals surface area contributed by atoms with Crippen LogP contribution in [-0.4, -0.2) is 31.4 Å². The molecule has 1 aliphatic rings. The molecule has 4 nitrogen and oxygen atoms in total. The number of nitrogens with zero attached hydrogens (tertiary/aromatic N) is 1. The number of hydrogen-bond donors (Lipinski definition) is 2. The molecule has 1 amide bonds. The van der Waals surface area contributed by atoms with Gasteiger partial charge in [0, 0.05) is 32.0 Å². The van der Waals surface area contributed by atoms with Gasteiger partial charge in [-0.2, -0.15) is 0 Å². The van der Waals surface area contributed by atoms with E-state index in [2.05, 4.69) is 12.2 Å². The molecule has 2 rings (SSSR count). The Labute approximate surface area is 121 Å². The fourth-order valence-electron chi connectivity index (χ4n) is 2.64. The van der Waals surface area contributed by atoms with Gasteiger partial charge in [0.05, 0.1) is 5.56 Å². The summed E-state index contributed by atoms with van der Waals surface area (Å²) in [4.78, 5) is 13.8. The molecule has 0 saturated heterocycles. The summed E-state index contributed by atoms with van der Waals surface area (Å²) in [7, 11) is 3.53. The van der Waals surface area contributed by atoms with Crippen molar-refractivity contribution in [2.45, 2.75) is 32.6 Å². The number of carbonyl (C=O) groups is 1. The van der Waals surface area contributed by atoms with Crippen LogP contribution in [0.15, 0.2) is 18.2 Å². The summed E-state index contributed by atoms with van der Waals surface area (Å²) in [6.07, 6.45) is 5.03. The Morgan fingerprint density at radius 2 is 2.10 bits per heavy atom. The molecule has 0 aliphatic heterocycles. The van der Waals surface area contributed by atoms with E-state index in [0.29, 0.717) is 16.7 Å². The molecule has 1 aliphatic carbocycles. The van der Waals surface area contributed by atoms with Crippen molar-refractivity contribution < 1.29 is 4.79 Å². The van der Waals surface area contributed by atoms with Crippen LogP contribution in [-0.2, 0) is 0 Å². The third-order valence-corrected chi connectivity index (χ3v) is 4.07. The van der Waals surface area contributed by atoms with Crippen LogP contribution in [0.25, 0.3) is 0 Å². The SMILES string of the molecule is CCCC1(CNc2cc(N)ccc2C(=O)N(C)C)CC1. The molecule has 1 aromatic rings. The quantitative estimate of drug-likeness (QED) is 0.785. The van der Waals surface area contributed by atoms with E-state index in [4.69, 9.17) is 5.73 Å². The van der Waals surface area contributed by atoms with E-state index in [1.165, 1.54) is 25.7 Å². The lowest BCUT2D eigenvalue weighted by Crippen LogP contribution is -2.24. The Kier molecular flexibility index (Phi) is 4.21. The Bertz CT molecular complexity index is 492. The van der Waals surface area contributed by atoms with E-state index in [0.717, 1.165) is 12.2 Å². The normalized spacial score (nSPS) is 15.8. The highest BCUT2D eigenvalue weighted by Crippen LogP contribution is 2.49.